The van der Waals surface area contributed by atoms with Crippen molar-refractivity contribution in [3.05, 3.63) is 52.2 Å². The van der Waals surface area contributed by atoms with Gasteiger partial charge >= 0.3 is 0 Å². The second-order valence-electron chi connectivity index (χ2n) is 7.22. The molecule has 0 radical (unpaired) electrons. The average Bonchev–Trinajstić information content (AvgIpc) is 3.42. The summed E-state index contributed by atoms with van der Waals surface area (Å²) in [6.45, 7) is 2.66. The van der Waals surface area contributed by atoms with E-state index in [9.17, 15) is 13.2 Å². The maximum Gasteiger partial charge on any atom is 0.253 e. The molecule has 2 aliphatic heterocycles. The first-order valence-electron chi connectivity index (χ1n) is 9.48. The van der Waals surface area contributed by atoms with Crippen molar-refractivity contribution < 1.29 is 13.2 Å². The Bertz CT molecular complexity index is 878. The summed E-state index contributed by atoms with van der Waals surface area (Å²) in [7, 11) is -3.43. The first-order valence-corrected chi connectivity index (χ1v) is 11.8. The Balaban J connectivity index is 1.41. The second-order valence-corrected chi connectivity index (χ2v) is 10.1. The number of hydrogen-bond acceptors (Lipinski definition) is 4. The number of likely N-dealkylation sites (tertiary alicyclic amines) is 1. The minimum absolute atomic E-state index is 0.00949. The average molecular weight is 405 g/mol. The maximum absolute atomic E-state index is 12.8. The zero-order chi connectivity index (χ0) is 18.9. The third-order valence-corrected chi connectivity index (χ3v) is 8.48. The molecule has 0 unspecified atom stereocenters. The van der Waals surface area contributed by atoms with Crippen LogP contribution in [0.1, 0.15) is 46.8 Å². The van der Waals surface area contributed by atoms with E-state index in [1.165, 1.54) is 9.18 Å². The van der Waals surface area contributed by atoms with E-state index in [0.717, 1.165) is 38.8 Å². The standard InChI is InChI=1S/C20H24N2O3S2/c23-20(21-13-9-16(10-14-21)19-4-3-15-26-19)17-5-7-18(8-6-17)27(24,25)22-11-1-2-12-22/h3-8,15-16H,1-2,9-14H2. The number of carbonyl (C=O) groups excluding carboxylic acids is 1. The first kappa shape index (κ1) is 18.7. The van der Waals surface area contributed by atoms with Crippen molar-refractivity contribution in [2.45, 2.75) is 36.5 Å². The van der Waals surface area contributed by atoms with Crippen LogP contribution in [0.15, 0.2) is 46.7 Å². The molecule has 1 amide bonds. The summed E-state index contributed by atoms with van der Waals surface area (Å²) in [4.78, 5) is 16.3. The molecular weight excluding hydrogens is 380 g/mol. The highest BCUT2D eigenvalue weighted by atomic mass is 32.2. The molecule has 2 aliphatic rings. The Kier molecular flexibility index (Phi) is 5.34. The number of carbonyl (C=O) groups is 1. The zero-order valence-electron chi connectivity index (χ0n) is 15.2. The number of thiophene rings is 1. The van der Waals surface area contributed by atoms with Crippen molar-refractivity contribution in [1.29, 1.82) is 0 Å². The van der Waals surface area contributed by atoms with E-state index in [4.69, 9.17) is 0 Å². The van der Waals surface area contributed by atoms with Crippen LogP contribution in [0.25, 0.3) is 0 Å². The number of amides is 1. The van der Waals surface area contributed by atoms with Crippen LogP contribution in [0.4, 0.5) is 0 Å². The van der Waals surface area contributed by atoms with Crippen LogP contribution in [-0.2, 0) is 10.0 Å². The van der Waals surface area contributed by atoms with Crippen molar-refractivity contribution in [3.8, 4) is 0 Å². The van der Waals surface area contributed by atoms with Crippen molar-refractivity contribution in [2.75, 3.05) is 26.2 Å². The van der Waals surface area contributed by atoms with Gasteiger partial charge in [-0.2, -0.15) is 4.31 Å². The summed E-state index contributed by atoms with van der Waals surface area (Å²) in [5.74, 6) is 0.534. The minimum Gasteiger partial charge on any atom is -0.339 e. The number of benzene rings is 1. The lowest BCUT2D eigenvalue weighted by atomic mass is 9.95. The quantitative estimate of drug-likeness (QED) is 0.783. The molecule has 1 aromatic heterocycles. The van der Waals surface area contributed by atoms with Gasteiger partial charge in [-0.1, -0.05) is 6.07 Å². The summed E-state index contributed by atoms with van der Waals surface area (Å²) < 4.78 is 26.7. The fourth-order valence-electron chi connectivity index (χ4n) is 3.92. The summed E-state index contributed by atoms with van der Waals surface area (Å²) in [6, 6.07) is 10.7. The van der Waals surface area contributed by atoms with E-state index in [-0.39, 0.29) is 10.8 Å². The van der Waals surface area contributed by atoms with Crippen molar-refractivity contribution in [2.24, 2.45) is 0 Å². The molecule has 2 saturated heterocycles. The number of rotatable bonds is 4. The smallest absolute Gasteiger partial charge is 0.253 e. The lowest BCUT2D eigenvalue weighted by Crippen LogP contribution is -2.37. The Morgan fingerprint density at radius 3 is 2.22 bits per heavy atom. The minimum atomic E-state index is -3.43. The van der Waals surface area contributed by atoms with Gasteiger partial charge < -0.3 is 4.90 Å². The molecule has 3 heterocycles. The Hall–Kier alpha value is -1.70. The Morgan fingerprint density at radius 2 is 1.63 bits per heavy atom. The zero-order valence-corrected chi connectivity index (χ0v) is 16.8. The van der Waals surface area contributed by atoms with Gasteiger partial charge in [0.25, 0.3) is 5.91 Å². The van der Waals surface area contributed by atoms with Crippen LogP contribution in [-0.4, -0.2) is 49.7 Å². The molecule has 144 valence electrons. The van der Waals surface area contributed by atoms with Crippen LogP contribution in [0.5, 0.6) is 0 Å². The van der Waals surface area contributed by atoms with E-state index in [1.54, 1.807) is 35.6 Å². The monoisotopic (exact) mass is 404 g/mol. The van der Waals surface area contributed by atoms with Crippen molar-refractivity contribution >= 4 is 27.3 Å². The molecule has 4 rings (SSSR count). The Morgan fingerprint density at radius 1 is 0.963 bits per heavy atom. The van der Waals surface area contributed by atoms with Gasteiger partial charge in [0.2, 0.25) is 10.0 Å². The molecule has 2 aromatic rings. The van der Waals surface area contributed by atoms with Crippen LogP contribution in [0.3, 0.4) is 0 Å². The van der Waals surface area contributed by atoms with Gasteiger partial charge in [0, 0.05) is 36.6 Å². The molecule has 0 spiro atoms. The second kappa shape index (κ2) is 7.73. The fourth-order valence-corrected chi connectivity index (χ4v) is 6.34. The molecular formula is C20H24N2O3S2. The first-order chi connectivity index (χ1) is 13.1. The topological polar surface area (TPSA) is 57.7 Å². The molecule has 1 aromatic carbocycles. The van der Waals surface area contributed by atoms with Gasteiger partial charge in [0.1, 0.15) is 0 Å². The Labute approximate surface area is 164 Å². The van der Waals surface area contributed by atoms with Crippen LogP contribution < -0.4 is 0 Å². The van der Waals surface area contributed by atoms with Gasteiger partial charge in [-0.15, -0.1) is 11.3 Å². The van der Waals surface area contributed by atoms with Crippen LogP contribution >= 0.6 is 11.3 Å². The molecule has 27 heavy (non-hydrogen) atoms. The van der Waals surface area contributed by atoms with E-state index in [0.29, 0.717) is 24.6 Å². The highest BCUT2D eigenvalue weighted by Gasteiger charge is 2.28. The SMILES string of the molecule is O=C(c1ccc(S(=O)(=O)N2CCCC2)cc1)N1CCC(c2cccs2)CC1. The summed E-state index contributed by atoms with van der Waals surface area (Å²) in [6.07, 6.45) is 3.79. The lowest BCUT2D eigenvalue weighted by molar-refractivity contribution is 0.0713. The van der Waals surface area contributed by atoms with Gasteiger partial charge in [0.15, 0.2) is 0 Å². The normalized spacial score (nSPS) is 19.5. The molecule has 0 atom stereocenters. The third kappa shape index (κ3) is 3.81. The van der Waals surface area contributed by atoms with Crippen LogP contribution in [0, 0.1) is 0 Å². The molecule has 5 nitrogen and oxygen atoms in total. The number of sulfonamides is 1. The number of hydrogen-bond donors (Lipinski definition) is 0. The predicted octanol–water partition coefficient (Wildman–Crippen LogP) is 3.55. The molecule has 0 aliphatic carbocycles. The van der Waals surface area contributed by atoms with Crippen molar-refractivity contribution in [3.63, 3.8) is 0 Å². The highest BCUT2D eigenvalue weighted by molar-refractivity contribution is 7.89. The highest BCUT2D eigenvalue weighted by Crippen LogP contribution is 2.31. The van der Waals surface area contributed by atoms with Gasteiger partial charge in [-0.25, -0.2) is 8.42 Å². The van der Waals surface area contributed by atoms with E-state index in [1.807, 2.05) is 4.90 Å². The molecule has 0 N–H and O–H groups in total. The van der Waals surface area contributed by atoms with Gasteiger partial charge in [-0.3, -0.25) is 4.79 Å². The number of piperidine rings is 1. The van der Waals surface area contributed by atoms with Crippen molar-refractivity contribution in [1.82, 2.24) is 9.21 Å². The van der Waals surface area contributed by atoms with E-state index in [2.05, 4.69) is 17.5 Å². The summed E-state index contributed by atoms with van der Waals surface area (Å²) in [5.41, 5.74) is 0.560. The maximum atomic E-state index is 12.8. The third-order valence-electron chi connectivity index (χ3n) is 5.53. The lowest BCUT2D eigenvalue weighted by Gasteiger charge is -2.31. The number of nitrogens with zero attached hydrogens (tertiary/aromatic N) is 2. The largest absolute Gasteiger partial charge is 0.339 e. The molecule has 7 heteroatoms. The predicted molar refractivity (Wildman–Crippen MR) is 107 cm³/mol. The fraction of sp³-hybridized carbons (Fsp3) is 0.450. The van der Waals surface area contributed by atoms with Gasteiger partial charge in [0.05, 0.1) is 4.90 Å². The van der Waals surface area contributed by atoms with Gasteiger partial charge in [-0.05, 0) is 67.3 Å². The summed E-state index contributed by atoms with van der Waals surface area (Å²) >= 11 is 1.79. The molecule has 0 saturated carbocycles. The van der Waals surface area contributed by atoms with Crippen LogP contribution in [0.2, 0.25) is 0 Å². The summed E-state index contributed by atoms with van der Waals surface area (Å²) in [5, 5.41) is 2.10. The van der Waals surface area contributed by atoms with E-state index >= 15 is 0 Å². The van der Waals surface area contributed by atoms with E-state index < -0.39 is 10.0 Å². The molecule has 2 fully saturated rings. The molecule has 0 bridgehead atoms.